The van der Waals surface area contributed by atoms with Crippen LogP contribution < -0.4 is 10.6 Å². The Hall–Kier alpha value is -2.07. The molecule has 1 saturated heterocycles. The Morgan fingerprint density at radius 3 is 2.86 bits per heavy atom. The predicted molar refractivity (Wildman–Crippen MR) is 84.5 cm³/mol. The van der Waals surface area contributed by atoms with Crippen LogP contribution in [0.3, 0.4) is 0 Å². The molecule has 0 saturated carbocycles. The summed E-state index contributed by atoms with van der Waals surface area (Å²) in [6.07, 6.45) is 2.79. The van der Waals surface area contributed by atoms with Crippen LogP contribution in [0.25, 0.3) is 10.8 Å². The number of aromatic hydroxyl groups is 1. The van der Waals surface area contributed by atoms with Crippen molar-refractivity contribution >= 4 is 22.4 Å². The summed E-state index contributed by atoms with van der Waals surface area (Å²) in [6, 6.07) is 10.9. The maximum atomic E-state index is 12.2. The van der Waals surface area contributed by atoms with Gasteiger partial charge in [0.25, 0.3) is 0 Å². The van der Waals surface area contributed by atoms with Gasteiger partial charge in [-0.05, 0) is 44.0 Å². The number of phenolic OH excluding ortho intramolecular Hbond substituents is 1. The molecular weight excluding hydrogens is 264 g/mol. The van der Waals surface area contributed by atoms with Crippen molar-refractivity contribution in [2.45, 2.75) is 19.3 Å². The molecule has 0 spiro atoms. The summed E-state index contributed by atoms with van der Waals surface area (Å²) < 4.78 is 0. The number of phenols is 1. The van der Waals surface area contributed by atoms with Gasteiger partial charge in [-0.1, -0.05) is 24.3 Å². The standard InChI is InChI=1S/C17H20N2O2/c20-16-8-2-5-13-14(16)6-1-7-15(13)19-17(21)10-12-4-3-9-18-11-12/h1-2,5-8,12,18,20H,3-4,9-11H2,(H,19,21). The number of fused-ring (bicyclic) bond motifs is 1. The van der Waals surface area contributed by atoms with Crippen molar-refractivity contribution in [3.63, 3.8) is 0 Å². The first-order valence-corrected chi connectivity index (χ1v) is 7.45. The fourth-order valence-electron chi connectivity index (χ4n) is 2.96. The second kappa shape index (κ2) is 6.14. The Kier molecular flexibility index (Phi) is 4.06. The van der Waals surface area contributed by atoms with Crippen LogP contribution in [0.1, 0.15) is 19.3 Å². The van der Waals surface area contributed by atoms with E-state index in [1.54, 1.807) is 12.1 Å². The Bertz CT molecular complexity index is 648. The first kappa shape index (κ1) is 13.9. The summed E-state index contributed by atoms with van der Waals surface area (Å²) in [5, 5.41) is 17.8. The predicted octanol–water partition coefficient (Wildman–Crippen LogP) is 2.87. The molecule has 1 aliphatic heterocycles. The number of hydrogen-bond donors (Lipinski definition) is 3. The molecule has 1 aliphatic rings. The van der Waals surface area contributed by atoms with Crippen LogP contribution in [-0.2, 0) is 4.79 Å². The summed E-state index contributed by atoms with van der Waals surface area (Å²) >= 11 is 0. The van der Waals surface area contributed by atoms with Gasteiger partial charge in [0.2, 0.25) is 5.91 Å². The molecule has 4 heteroatoms. The summed E-state index contributed by atoms with van der Waals surface area (Å²) in [7, 11) is 0. The highest BCUT2D eigenvalue weighted by atomic mass is 16.3. The van der Waals surface area contributed by atoms with Crippen molar-refractivity contribution in [2.24, 2.45) is 5.92 Å². The van der Waals surface area contributed by atoms with E-state index in [4.69, 9.17) is 0 Å². The van der Waals surface area contributed by atoms with Crippen LogP contribution in [0.2, 0.25) is 0 Å². The molecule has 0 aliphatic carbocycles. The van der Waals surface area contributed by atoms with Gasteiger partial charge in [0, 0.05) is 22.9 Å². The number of nitrogens with one attached hydrogen (secondary N) is 2. The summed E-state index contributed by atoms with van der Waals surface area (Å²) in [6.45, 7) is 1.98. The van der Waals surface area contributed by atoms with E-state index in [1.807, 2.05) is 24.3 Å². The molecule has 1 amide bonds. The quantitative estimate of drug-likeness (QED) is 0.812. The number of piperidine rings is 1. The lowest BCUT2D eigenvalue weighted by Gasteiger charge is -2.22. The first-order valence-electron chi connectivity index (χ1n) is 7.45. The molecule has 110 valence electrons. The minimum Gasteiger partial charge on any atom is -0.507 e. The number of rotatable bonds is 3. The van der Waals surface area contributed by atoms with Crippen LogP contribution in [0.15, 0.2) is 36.4 Å². The third kappa shape index (κ3) is 3.16. The molecular formula is C17H20N2O2. The molecule has 1 heterocycles. The average molecular weight is 284 g/mol. The monoisotopic (exact) mass is 284 g/mol. The zero-order valence-electron chi connectivity index (χ0n) is 11.9. The first-order chi connectivity index (χ1) is 10.2. The van der Waals surface area contributed by atoms with E-state index in [9.17, 15) is 9.90 Å². The number of carbonyl (C=O) groups is 1. The number of amides is 1. The molecule has 0 bridgehead atoms. The largest absolute Gasteiger partial charge is 0.507 e. The van der Waals surface area contributed by atoms with E-state index in [0.717, 1.165) is 42.4 Å². The maximum Gasteiger partial charge on any atom is 0.224 e. The fourth-order valence-corrected chi connectivity index (χ4v) is 2.96. The number of hydrogen-bond acceptors (Lipinski definition) is 3. The molecule has 0 aromatic heterocycles. The lowest BCUT2D eigenvalue weighted by molar-refractivity contribution is -0.117. The normalized spacial score (nSPS) is 18.6. The van der Waals surface area contributed by atoms with E-state index in [2.05, 4.69) is 10.6 Å². The molecule has 2 aromatic rings. The van der Waals surface area contributed by atoms with Crippen LogP contribution in [0, 0.1) is 5.92 Å². The molecule has 0 radical (unpaired) electrons. The Balaban J connectivity index is 1.75. The minimum absolute atomic E-state index is 0.0412. The van der Waals surface area contributed by atoms with Crippen LogP contribution >= 0.6 is 0 Å². The summed E-state index contributed by atoms with van der Waals surface area (Å²) in [4.78, 5) is 12.2. The van der Waals surface area contributed by atoms with Crippen molar-refractivity contribution in [3.8, 4) is 5.75 Å². The SMILES string of the molecule is O=C(CC1CCCNC1)Nc1cccc2c(O)cccc12. The third-order valence-electron chi connectivity index (χ3n) is 4.05. The lowest BCUT2D eigenvalue weighted by atomic mass is 9.96. The number of benzene rings is 2. The Labute approximate surface area is 124 Å². The molecule has 4 nitrogen and oxygen atoms in total. The van der Waals surface area contributed by atoms with E-state index in [-0.39, 0.29) is 11.7 Å². The lowest BCUT2D eigenvalue weighted by Crippen LogP contribution is -2.32. The van der Waals surface area contributed by atoms with Crippen molar-refractivity contribution in [1.29, 1.82) is 0 Å². The van der Waals surface area contributed by atoms with Gasteiger partial charge >= 0.3 is 0 Å². The summed E-state index contributed by atoms with van der Waals surface area (Å²) in [5.41, 5.74) is 0.761. The Morgan fingerprint density at radius 1 is 1.24 bits per heavy atom. The molecule has 21 heavy (non-hydrogen) atoms. The van der Waals surface area contributed by atoms with E-state index in [0.29, 0.717) is 12.3 Å². The summed E-state index contributed by atoms with van der Waals surface area (Å²) in [5.74, 6) is 0.696. The average Bonchev–Trinajstić information content (AvgIpc) is 2.49. The van der Waals surface area contributed by atoms with Gasteiger partial charge in [0.1, 0.15) is 5.75 Å². The van der Waals surface area contributed by atoms with Crippen molar-refractivity contribution in [3.05, 3.63) is 36.4 Å². The van der Waals surface area contributed by atoms with Crippen LogP contribution in [-0.4, -0.2) is 24.1 Å². The van der Waals surface area contributed by atoms with E-state index >= 15 is 0 Å². The second-order valence-corrected chi connectivity index (χ2v) is 5.64. The van der Waals surface area contributed by atoms with Gasteiger partial charge in [-0.3, -0.25) is 4.79 Å². The van der Waals surface area contributed by atoms with Gasteiger partial charge < -0.3 is 15.7 Å². The highest BCUT2D eigenvalue weighted by Crippen LogP contribution is 2.30. The highest BCUT2D eigenvalue weighted by Gasteiger charge is 2.17. The smallest absolute Gasteiger partial charge is 0.224 e. The third-order valence-corrected chi connectivity index (χ3v) is 4.05. The van der Waals surface area contributed by atoms with Gasteiger partial charge in [0.05, 0.1) is 0 Å². The van der Waals surface area contributed by atoms with Crippen molar-refractivity contribution in [2.75, 3.05) is 18.4 Å². The van der Waals surface area contributed by atoms with Crippen LogP contribution in [0.4, 0.5) is 5.69 Å². The second-order valence-electron chi connectivity index (χ2n) is 5.64. The zero-order chi connectivity index (χ0) is 14.7. The van der Waals surface area contributed by atoms with Crippen LogP contribution in [0.5, 0.6) is 5.75 Å². The zero-order valence-corrected chi connectivity index (χ0v) is 11.9. The molecule has 2 aromatic carbocycles. The molecule has 3 N–H and O–H groups in total. The van der Waals surface area contributed by atoms with Gasteiger partial charge in [0.15, 0.2) is 0 Å². The molecule has 1 atom stereocenters. The molecule has 1 fully saturated rings. The minimum atomic E-state index is 0.0412. The van der Waals surface area contributed by atoms with Gasteiger partial charge in [-0.15, -0.1) is 0 Å². The van der Waals surface area contributed by atoms with Crippen molar-refractivity contribution in [1.82, 2.24) is 5.32 Å². The van der Waals surface area contributed by atoms with E-state index in [1.165, 1.54) is 0 Å². The van der Waals surface area contributed by atoms with Crippen molar-refractivity contribution < 1.29 is 9.90 Å². The fraction of sp³-hybridized carbons (Fsp3) is 0.353. The highest BCUT2D eigenvalue weighted by molar-refractivity contribution is 6.03. The molecule has 1 unspecified atom stereocenters. The van der Waals surface area contributed by atoms with Gasteiger partial charge in [-0.25, -0.2) is 0 Å². The number of carbonyl (C=O) groups excluding carboxylic acids is 1. The van der Waals surface area contributed by atoms with Gasteiger partial charge in [-0.2, -0.15) is 0 Å². The number of anilines is 1. The topological polar surface area (TPSA) is 61.4 Å². The van der Waals surface area contributed by atoms with E-state index < -0.39 is 0 Å². The maximum absolute atomic E-state index is 12.2. The Morgan fingerprint density at radius 2 is 2.05 bits per heavy atom. The molecule has 3 rings (SSSR count).